The molecule has 0 atom stereocenters. The maximum atomic E-state index is 15.3. The minimum Gasteiger partial charge on any atom is -0.392 e. The summed E-state index contributed by atoms with van der Waals surface area (Å²) in [4.78, 5) is 45.3. The zero-order valence-corrected chi connectivity index (χ0v) is 26.7. The molecule has 0 bridgehead atoms. The van der Waals surface area contributed by atoms with Crippen LogP contribution in [0.2, 0.25) is 0 Å². The number of aliphatic hydroxyl groups is 1. The average molecular weight is 649 g/mol. The van der Waals surface area contributed by atoms with Crippen LogP contribution in [-0.4, -0.2) is 91.7 Å². The number of nitrogen functional groups attached to an aromatic ring is 1. The van der Waals surface area contributed by atoms with Crippen LogP contribution in [0.5, 0.6) is 0 Å². The van der Waals surface area contributed by atoms with E-state index in [2.05, 4.69) is 33.0 Å². The second-order valence-corrected chi connectivity index (χ2v) is 13.1. The second-order valence-electron chi connectivity index (χ2n) is 13.1. The van der Waals surface area contributed by atoms with Gasteiger partial charge in [-0.3, -0.25) is 9.36 Å². The molecular weight excluding hydrogens is 611 g/mol. The Kier molecular flexibility index (Phi) is 7.49. The van der Waals surface area contributed by atoms with Gasteiger partial charge in [-0.15, -0.1) is 0 Å². The molecule has 2 aromatic carbocycles. The van der Waals surface area contributed by atoms with Gasteiger partial charge in [0.25, 0.3) is 5.56 Å². The van der Waals surface area contributed by atoms with Gasteiger partial charge < -0.3 is 30.5 Å². The normalized spacial score (nSPS) is 17.4. The van der Waals surface area contributed by atoms with E-state index in [0.717, 1.165) is 55.9 Å². The molecule has 12 heteroatoms. The van der Waals surface area contributed by atoms with Crippen molar-refractivity contribution in [3.05, 3.63) is 87.7 Å². The summed E-state index contributed by atoms with van der Waals surface area (Å²) in [5, 5.41) is 12.0. The molecule has 11 nitrogen and oxygen atoms in total. The fourth-order valence-corrected chi connectivity index (χ4v) is 7.07. The van der Waals surface area contributed by atoms with Crippen LogP contribution in [0.15, 0.2) is 59.5 Å². The molecule has 3 aliphatic rings. The molecule has 0 unspecified atom stereocenters. The van der Waals surface area contributed by atoms with E-state index in [1.165, 1.54) is 10.6 Å². The number of hydrogen-bond donors (Lipinski definition) is 3. The number of aliphatic hydroxyl groups excluding tert-OH is 1. The smallest absolute Gasteiger partial charge is 0.320 e. The quantitative estimate of drug-likeness (QED) is 0.256. The van der Waals surface area contributed by atoms with Crippen LogP contribution in [0.3, 0.4) is 0 Å². The fourth-order valence-electron chi connectivity index (χ4n) is 7.07. The molecule has 0 radical (unpaired) electrons. The first-order valence-electron chi connectivity index (χ1n) is 16.5. The first-order valence-corrected chi connectivity index (χ1v) is 16.5. The van der Waals surface area contributed by atoms with Crippen LogP contribution in [0.1, 0.15) is 42.0 Å². The number of fused-ring (bicyclic) bond motifs is 2. The lowest BCUT2D eigenvalue weighted by atomic mass is 9.99. The van der Waals surface area contributed by atoms with Gasteiger partial charge in [0.1, 0.15) is 11.5 Å². The molecule has 0 spiro atoms. The third-order valence-corrected chi connectivity index (χ3v) is 9.96. The lowest BCUT2D eigenvalue weighted by molar-refractivity contribution is 0.125. The molecule has 1 aliphatic carbocycles. The number of hydrogen-bond acceptors (Lipinski definition) is 7. The number of anilines is 1. The summed E-state index contributed by atoms with van der Waals surface area (Å²) in [5.74, 6) is -0.127. The van der Waals surface area contributed by atoms with Gasteiger partial charge in [0.15, 0.2) is 0 Å². The number of nitrogens with two attached hydrogens (primary N) is 1. The molecule has 5 aromatic rings. The molecule has 4 N–H and O–H groups in total. The summed E-state index contributed by atoms with van der Waals surface area (Å²) in [6.45, 7) is 3.94. The Bertz CT molecular complexity index is 2180. The van der Waals surface area contributed by atoms with Gasteiger partial charge >= 0.3 is 6.03 Å². The number of nitrogens with zero attached hydrogens (tertiary/aromatic N) is 6. The largest absolute Gasteiger partial charge is 0.392 e. The second kappa shape index (κ2) is 11.9. The standard InChI is InChI=1S/C36H37FN8O3/c1-42-13-15-44(16-14-42)36(48)43-10-7-22(8-11-43)29-19-26-32(40-35(38)41-33(26)39-29)25-3-2-4-30(27(25)20-46)45-12-9-23-17-24(21-5-6-21)18-28(37)31(23)34(45)47/h2-4,7,9,12,17-19,21,46H,5-6,8,10-11,13-16,20H2,1H3,(H3,38,39,40,41). The monoisotopic (exact) mass is 648 g/mol. The Morgan fingerprint density at radius 1 is 1.06 bits per heavy atom. The van der Waals surface area contributed by atoms with Crippen LogP contribution in [0.25, 0.3) is 44.3 Å². The molecular formula is C36H37FN8O3. The van der Waals surface area contributed by atoms with Crippen molar-refractivity contribution in [1.82, 2.24) is 34.2 Å². The molecule has 2 aliphatic heterocycles. The van der Waals surface area contributed by atoms with Crippen molar-refractivity contribution in [2.45, 2.75) is 31.8 Å². The number of nitrogens with one attached hydrogen (secondary N) is 1. The third kappa shape index (κ3) is 5.30. The van der Waals surface area contributed by atoms with Gasteiger partial charge in [-0.05, 0) is 73.0 Å². The maximum Gasteiger partial charge on any atom is 0.320 e. The van der Waals surface area contributed by atoms with Crippen molar-refractivity contribution in [3.63, 3.8) is 0 Å². The highest BCUT2D eigenvalue weighted by Crippen LogP contribution is 2.41. The first kappa shape index (κ1) is 30.3. The Labute approximate surface area is 276 Å². The molecule has 8 rings (SSSR count). The van der Waals surface area contributed by atoms with Crippen molar-refractivity contribution in [2.24, 2.45) is 0 Å². The van der Waals surface area contributed by atoms with E-state index in [4.69, 9.17) is 5.73 Å². The first-order chi connectivity index (χ1) is 23.3. The van der Waals surface area contributed by atoms with E-state index in [-0.39, 0.29) is 17.4 Å². The lowest BCUT2D eigenvalue weighted by Gasteiger charge is -2.37. The summed E-state index contributed by atoms with van der Waals surface area (Å²) in [6.07, 6.45) is 6.44. The number of aromatic amines is 1. The number of aromatic nitrogens is 4. The number of pyridine rings is 1. The highest BCUT2D eigenvalue weighted by molar-refractivity contribution is 5.95. The van der Waals surface area contributed by atoms with Gasteiger partial charge in [0.05, 0.1) is 23.4 Å². The van der Waals surface area contributed by atoms with Crippen molar-refractivity contribution in [3.8, 4) is 16.9 Å². The zero-order chi connectivity index (χ0) is 33.1. The molecule has 5 heterocycles. The Morgan fingerprint density at radius 3 is 2.60 bits per heavy atom. The average Bonchev–Trinajstić information content (AvgIpc) is 3.86. The number of urea groups is 1. The summed E-state index contributed by atoms with van der Waals surface area (Å²) in [7, 11) is 2.07. The van der Waals surface area contributed by atoms with Crippen LogP contribution >= 0.6 is 0 Å². The van der Waals surface area contributed by atoms with E-state index in [1.807, 2.05) is 28.0 Å². The molecule has 3 aromatic heterocycles. The minimum atomic E-state index is -0.538. The summed E-state index contributed by atoms with van der Waals surface area (Å²) >= 11 is 0. The number of halogens is 1. The van der Waals surface area contributed by atoms with Gasteiger partial charge in [-0.25, -0.2) is 14.2 Å². The van der Waals surface area contributed by atoms with Gasteiger partial charge in [0, 0.05) is 67.7 Å². The van der Waals surface area contributed by atoms with Gasteiger partial charge in [-0.2, -0.15) is 4.98 Å². The van der Waals surface area contributed by atoms with E-state index in [0.29, 0.717) is 64.4 Å². The maximum absolute atomic E-state index is 15.3. The van der Waals surface area contributed by atoms with Crippen LogP contribution in [0, 0.1) is 5.82 Å². The number of likely N-dealkylation sites (N-methyl/N-ethyl adjacent to an activating group) is 1. The zero-order valence-electron chi connectivity index (χ0n) is 26.7. The van der Waals surface area contributed by atoms with Crippen molar-refractivity contribution in [1.29, 1.82) is 0 Å². The van der Waals surface area contributed by atoms with E-state index in [1.54, 1.807) is 24.4 Å². The molecule has 1 saturated carbocycles. The Balaban J connectivity index is 1.14. The summed E-state index contributed by atoms with van der Waals surface area (Å²) < 4.78 is 16.7. The number of amides is 2. The molecule has 2 amide bonds. The van der Waals surface area contributed by atoms with Crippen LogP contribution in [-0.2, 0) is 6.61 Å². The highest BCUT2D eigenvalue weighted by atomic mass is 19.1. The van der Waals surface area contributed by atoms with Crippen LogP contribution in [0.4, 0.5) is 15.1 Å². The lowest BCUT2D eigenvalue weighted by Crippen LogP contribution is -2.52. The van der Waals surface area contributed by atoms with Gasteiger partial charge in [-0.1, -0.05) is 24.3 Å². The number of rotatable bonds is 5. The van der Waals surface area contributed by atoms with Crippen molar-refractivity contribution < 1.29 is 14.3 Å². The minimum absolute atomic E-state index is 0.0182. The number of carbonyl (C=O) groups excluding carboxylic acids is 1. The van der Waals surface area contributed by atoms with Crippen molar-refractivity contribution >= 4 is 39.4 Å². The number of piperazine rings is 1. The predicted molar refractivity (Wildman–Crippen MR) is 183 cm³/mol. The van der Waals surface area contributed by atoms with E-state index < -0.39 is 18.0 Å². The molecule has 246 valence electrons. The summed E-state index contributed by atoms with van der Waals surface area (Å²) in [6, 6.07) is 12.5. The summed E-state index contributed by atoms with van der Waals surface area (Å²) in [5.41, 5.74) is 11.0. The molecule has 1 saturated heterocycles. The van der Waals surface area contributed by atoms with E-state index in [9.17, 15) is 14.7 Å². The topological polar surface area (TPSA) is 137 Å². The number of carbonyl (C=O) groups is 1. The fraction of sp³-hybridized carbons (Fsp3) is 0.333. The van der Waals surface area contributed by atoms with Gasteiger partial charge in [0.2, 0.25) is 5.95 Å². The predicted octanol–water partition coefficient (Wildman–Crippen LogP) is 4.48. The Morgan fingerprint density at radius 2 is 1.88 bits per heavy atom. The van der Waals surface area contributed by atoms with Crippen LogP contribution < -0.4 is 11.3 Å². The highest BCUT2D eigenvalue weighted by Gasteiger charge is 2.27. The third-order valence-electron chi connectivity index (χ3n) is 9.96. The van der Waals surface area contributed by atoms with E-state index >= 15 is 4.39 Å². The Hall–Kier alpha value is -5.07. The van der Waals surface area contributed by atoms with Crippen molar-refractivity contribution in [2.75, 3.05) is 52.0 Å². The SMILES string of the molecule is CN1CCN(C(=O)N2CC=C(c3cc4c(-c5cccc(-n6ccc7cc(C8CC8)cc(F)c7c6=O)c5CO)nc(N)nc4[nH]3)CC2)CC1. The number of H-pyrrole nitrogens is 1. The molecule has 2 fully saturated rings. The number of benzene rings is 2. The molecule has 48 heavy (non-hydrogen) atoms.